The molecule has 1 rings (SSSR count). The second kappa shape index (κ2) is 4.91. The molecule has 0 radical (unpaired) electrons. The average Bonchev–Trinajstić information content (AvgIpc) is 2.19. The van der Waals surface area contributed by atoms with Gasteiger partial charge in [0.25, 0.3) is 0 Å². The SMILES string of the molecule is COc1ccccc1C(CS)C(=O)O. The standard InChI is InChI=1S/C10H12O3S/c1-13-9-5-3-2-4-7(9)8(6-14)10(11)12/h2-5,8,14H,6H2,1H3,(H,11,12). The Morgan fingerprint density at radius 1 is 1.57 bits per heavy atom. The minimum atomic E-state index is -0.885. The monoisotopic (exact) mass is 212 g/mol. The lowest BCUT2D eigenvalue weighted by Gasteiger charge is -2.13. The van der Waals surface area contributed by atoms with Crippen LogP contribution in [0.25, 0.3) is 0 Å². The Hall–Kier alpha value is -1.16. The highest BCUT2D eigenvalue weighted by atomic mass is 32.1. The number of ether oxygens (including phenoxy) is 1. The molecule has 0 aromatic heterocycles. The van der Waals surface area contributed by atoms with Crippen molar-refractivity contribution < 1.29 is 14.6 Å². The van der Waals surface area contributed by atoms with E-state index < -0.39 is 11.9 Å². The average molecular weight is 212 g/mol. The van der Waals surface area contributed by atoms with Crippen molar-refractivity contribution in [3.8, 4) is 5.75 Å². The maximum absolute atomic E-state index is 10.9. The number of rotatable bonds is 4. The second-order valence-electron chi connectivity index (χ2n) is 2.82. The lowest BCUT2D eigenvalue weighted by molar-refractivity contribution is -0.138. The Balaban J connectivity index is 3.08. The van der Waals surface area contributed by atoms with Gasteiger partial charge in [-0.1, -0.05) is 18.2 Å². The first kappa shape index (κ1) is 10.9. The molecule has 1 N–H and O–H groups in total. The Morgan fingerprint density at radius 2 is 2.21 bits per heavy atom. The molecule has 4 heteroatoms. The van der Waals surface area contributed by atoms with E-state index in [1.807, 2.05) is 0 Å². The van der Waals surface area contributed by atoms with Crippen LogP contribution in [-0.2, 0) is 4.79 Å². The highest BCUT2D eigenvalue weighted by molar-refractivity contribution is 7.80. The number of methoxy groups -OCH3 is 1. The molecule has 0 aliphatic heterocycles. The van der Waals surface area contributed by atoms with Crippen molar-refractivity contribution in [2.24, 2.45) is 0 Å². The van der Waals surface area contributed by atoms with Crippen molar-refractivity contribution >= 4 is 18.6 Å². The van der Waals surface area contributed by atoms with E-state index in [9.17, 15) is 4.79 Å². The molecule has 1 aromatic carbocycles. The van der Waals surface area contributed by atoms with Crippen LogP contribution in [0.5, 0.6) is 5.75 Å². The van der Waals surface area contributed by atoms with Crippen molar-refractivity contribution in [2.75, 3.05) is 12.9 Å². The Morgan fingerprint density at radius 3 is 2.71 bits per heavy atom. The van der Waals surface area contributed by atoms with Crippen molar-refractivity contribution in [3.63, 3.8) is 0 Å². The molecule has 0 spiro atoms. The molecule has 14 heavy (non-hydrogen) atoms. The van der Waals surface area contributed by atoms with Gasteiger partial charge in [0.05, 0.1) is 13.0 Å². The van der Waals surface area contributed by atoms with Crippen LogP contribution in [0.3, 0.4) is 0 Å². The lowest BCUT2D eigenvalue weighted by Crippen LogP contribution is -2.14. The van der Waals surface area contributed by atoms with E-state index in [-0.39, 0.29) is 5.75 Å². The molecular formula is C10H12O3S. The van der Waals surface area contributed by atoms with Gasteiger partial charge in [-0.05, 0) is 6.07 Å². The summed E-state index contributed by atoms with van der Waals surface area (Å²) >= 11 is 4.02. The summed E-state index contributed by atoms with van der Waals surface area (Å²) in [6.45, 7) is 0. The fourth-order valence-corrected chi connectivity index (χ4v) is 1.62. The summed E-state index contributed by atoms with van der Waals surface area (Å²) in [7, 11) is 1.52. The minimum Gasteiger partial charge on any atom is -0.496 e. The number of carboxylic acids is 1. The number of hydrogen-bond donors (Lipinski definition) is 2. The molecular weight excluding hydrogens is 200 g/mol. The highest BCUT2D eigenvalue weighted by Gasteiger charge is 2.21. The number of thiol groups is 1. The van der Waals surface area contributed by atoms with Gasteiger partial charge in [-0.3, -0.25) is 4.79 Å². The summed E-state index contributed by atoms with van der Waals surface area (Å²) in [5.74, 6) is -0.650. The van der Waals surface area contributed by atoms with Crippen LogP contribution >= 0.6 is 12.6 Å². The van der Waals surface area contributed by atoms with Crippen LogP contribution < -0.4 is 4.74 Å². The lowest BCUT2D eigenvalue weighted by atomic mass is 10.0. The molecule has 0 aliphatic rings. The Kier molecular flexibility index (Phi) is 3.83. The van der Waals surface area contributed by atoms with Crippen LogP contribution in [-0.4, -0.2) is 23.9 Å². The predicted octanol–water partition coefficient (Wildman–Crippen LogP) is 1.79. The van der Waals surface area contributed by atoms with E-state index in [1.165, 1.54) is 7.11 Å². The highest BCUT2D eigenvalue weighted by Crippen LogP contribution is 2.27. The van der Waals surface area contributed by atoms with Gasteiger partial charge >= 0.3 is 5.97 Å². The number of aliphatic carboxylic acids is 1. The Labute approximate surface area is 88.1 Å². The van der Waals surface area contributed by atoms with E-state index in [2.05, 4.69) is 12.6 Å². The van der Waals surface area contributed by atoms with Crippen LogP contribution in [0.2, 0.25) is 0 Å². The molecule has 3 nitrogen and oxygen atoms in total. The molecule has 0 heterocycles. The van der Waals surface area contributed by atoms with Crippen LogP contribution in [0, 0.1) is 0 Å². The molecule has 1 unspecified atom stereocenters. The summed E-state index contributed by atoms with van der Waals surface area (Å²) in [5.41, 5.74) is 0.664. The summed E-state index contributed by atoms with van der Waals surface area (Å²) in [6, 6.07) is 7.08. The number of hydrogen-bond acceptors (Lipinski definition) is 3. The van der Waals surface area contributed by atoms with Crippen LogP contribution in [0.15, 0.2) is 24.3 Å². The molecule has 0 saturated carbocycles. The first-order valence-corrected chi connectivity index (χ1v) is 4.80. The number of carbonyl (C=O) groups is 1. The largest absolute Gasteiger partial charge is 0.496 e. The van der Waals surface area contributed by atoms with Crippen molar-refractivity contribution in [3.05, 3.63) is 29.8 Å². The molecule has 76 valence electrons. The quantitative estimate of drug-likeness (QED) is 0.748. The van der Waals surface area contributed by atoms with Crippen molar-refractivity contribution in [2.45, 2.75) is 5.92 Å². The topological polar surface area (TPSA) is 46.5 Å². The zero-order valence-electron chi connectivity index (χ0n) is 7.80. The molecule has 1 atom stereocenters. The molecule has 0 amide bonds. The van der Waals surface area contributed by atoms with Gasteiger partial charge in [0, 0.05) is 11.3 Å². The maximum Gasteiger partial charge on any atom is 0.311 e. The van der Waals surface area contributed by atoms with Gasteiger partial charge in [0.1, 0.15) is 5.75 Å². The van der Waals surface area contributed by atoms with Gasteiger partial charge in [0.2, 0.25) is 0 Å². The van der Waals surface area contributed by atoms with Gasteiger partial charge in [-0.25, -0.2) is 0 Å². The molecule has 1 aromatic rings. The van der Waals surface area contributed by atoms with Gasteiger partial charge < -0.3 is 9.84 Å². The smallest absolute Gasteiger partial charge is 0.311 e. The summed E-state index contributed by atoms with van der Waals surface area (Å²) < 4.78 is 5.08. The van der Waals surface area contributed by atoms with Crippen LogP contribution in [0.4, 0.5) is 0 Å². The fraction of sp³-hybridized carbons (Fsp3) is 0.300. The van der Waals surface area contributed by atoms with E-state index >= 15 is 0 Å². The van der Waals surface area contributed by atoms with E-state index in [0.29, 0.717) is 11.3 Å². The van der Waals surface area contributed by atoms with Crippen LogP contribution in [0.1, 0.15) is 11.5 Å². The minimum absolute atomic E-state index is 0.260. The third kappa shape index (κ3) is 2.20. The maximum atomic E-state index is 10.9. The summed E-state index contributed by atoms with van der Waals surface area (Å²) in [4.78, 5) is 10.9. The van der Waals surface area contributed by atoms with Crippen molar-refractivity contribution in [1.82, 2.24) is 0 Å². The zero-order chi connectivity index (χ0) is 10.6. The summed E-state index contributed by atoms with van der Waals surface area (Å²) in [5, 5.41) is 8.94. The van der Waals surface area contributed by atoms with Gasteiger partial charge in [-0.15, -0.1) is 0 Å². The first-order chi connectivity index (χ1) is 6.70. The first-order valence-electron chi connectivity index (χ1n) is 4.17. The molecule has 0 saturated heterocycles. The van der Waals surface area contributed by atoms with E-state index in [1.54, 1.807) is 24.3 Å². The third-order valence-corrected chi connectivity index (χ3v) is 2.36. The number of benzene rings is 1. The van der Waals surface area contributed by atoms with E-state index in [4.69, 9.17) is 9.84 Å². The normalized spacial score (nSPS) is 12.1. The van der Waals surface area contributed by atoms with Gasteiger partial charge in [-0.2, -0.15) is 12.6 Å². The number of para-hydroxylation sites is 1. The predicted molar refractivity (Wildman–Crippen MR) is 57.2 cm³/mol. The summed E-state index contributed by atoms with van der Waals surface area (Å²) in [6.07, 6.45) is 0. The second-order valence-corrected chi connectivity index (χ2v) is 3.18. The van der Waals surface area contributed by atoms with Gasteiger partial charge in [0.15, 0.2) is 0 Å². The fourth-order valence-electron chi connectivity index (χ4n) is 1.26. The number of carboxylic acid groups (broad SMARTS) is 1. The van der Waals surface area contributed by atoms with Crippen molar-refractivity contribution in [1.29, 1.82) is 0 Å². The molecule has 0 aliphatic carbocycles. The Bertz CT molecular complexity index is 325. The third-order valence-electron chi connectivity index (χ3n) is 2.00. The van der Waals surface area contributed by atoms with E-state index in [0.717, 1.165) is 0 Å². The molecule has 0 bridgehead atoms. The zero-order valence-corrected chi connectivity index (χ0v) is 8.70. The molecule has 0 fully saturated rings.